The van der Waals surface area contributed by atoms with Crippen LogP contribution in [0, 0.1) is 0 Å². The second-order valence-electron chi connectivity index (χ2n) is 4.58. The molecule has 9 heteroatoms. The van der Waals surface area contributed by atoms with Gasteiger partial charge in [-0.1, -0.05) is 0 Å². The van der Waals surface area contributed by atoms with E-state index >= 15 is 0 Å². The minimum atomic E-state index is -0.936. The van der Waals surface area contributed by atoms with Gasteiger partial charge in [-0.3, -0.25) is 4.79 Å². The maximum Gasteiger partial charge on any atom is 0.239 e. The van der Waals surface area contributed by atoms with Crippen molar-refractivity contribution in [2.75, 3.05) is 18.5 Å². The van der Waals surface area contributed by atoms with E-state index in [4.69, 9.17) is 10.8 Å². The normalized spacial score (nSPS) is 17.3. The number of rotatable bonds is 3. The molecule has 0 spiro atoms. The molecule has 0 bridgehead atoms. The maximum atomic E-state index is 11.6. The third-order valence-corrected chi connectivity index (χ3v) is 3.09. The lowest BCUT2D eigenvalue weighted by Crippen LogP contribution is -2.50. The van der Waals surface area contributed by atoms with Crippen molar-refractivity contribution in [1.29, 1.82) is 0 Å². The summed E-state index contributed by atoms with van der Waals surface area (Å²) in [5, 5.41) is 33.4. The average molecular weight is 429 g/mol. The van der Waals surface area contributed by atoms with Crippen LogP contribution in [-0.4, -0.2) is 46.5 Å². The highest BCUT2D eigenvalue weighted by molar-refractivity contribution is 8.93. The molecule has 0 unspecified atom stereocenters. The fourth-order valence-electron chi connectivity index (χ4n) is 2.02. The smallest absolute Gasteiger partial charge is 0.239 e. The Balaban J connectivity index is 0.00000200. The molecule has 0 radical (unpaired) electrons. The number of aliphatic hydroxyl groups excluding tert-OH is 1. The number of halogens is 2. The zero-order chi connectivity index (χ0) is 14.0. The molecule has 2 rings (SSSR count). The van der Waals surface area contributed by atoms with Crippen LogP contribution in [0.2, 0.25) is 0 Å². The number of phenolic OH excluding ortho intramolecular Hbond substituents is 2. The Labute approximate surface area is 143 Å². The first-order valence-electron chi connectivity index (χ1n) is 5.96. The van der Waals surface area contributed by atoms with E-state index in [1.54, 1.807) is 0 Å². The number of benzene rings is 1. The molecule has 1 aliphatic heterocycles. The molecule has 1 aliphatic rings. The Morgan fingerprint density at radius 2 is 2.00 bits per heavy atom. The van der Waals surface area contributed by atoms with E-state index in [0.29, 0.717) is 13.0 Å². The molecule has 1 amide bonds. The number of nitrogens with one attached hydrogen (secondary N) is 2. The first-order chi connectivity index (χ1) is 9.01. The Kier molecular flexibility index (Phi) is 8.01. The third-order valence-electron chi connectivity index (χ3n) is 3.09. The van der Waals surface area contributed by atoms with Gasteiger partial charge in [0, 0.05) is 18.3 Å². The quantitative estimate of drug-likeness (QED) is 0.297. The minimum Gasteiger partial charge on any atom is -0.504 e. The number of amides is 1. The summed E-state index contributed by atoms with van der Waals surface area (Å²) in [7, 11) is 0. The lowest BCUT2D eigenvalue weighted by molar-refractivity contribution is -0.123. The first-order valence-corrected chi connectivity index (χ1v) is 5.96. The van der Waals surface area contributed by atoms with E-state index in [9.17, 15) is 15.0 Å². The first kappa shape index (κ1) is 20.0. The molecule has 0 saturated heterocycles. The Hall–Kier alpha value is -1.03. The Morgan fingerprint density at radius 3 is 2.62 bits per heavy atom. The number of carbonyl (C=O) groups excluding carboxylic acids is 1. The predicted octanol–water partition coefficient (Wildman–Crippen LogP) is 0.0260. The van der Waals surface area contributed by atoms with E-state index in [2.05, 4.69) is 10.6 Å². The summed E-state index contributed by atoms with van der Waals surface area (Å²) in [6.45, 7) is 0.0817. The minimum absolute atomic E-state index is 0. The standard InChI is InChI=1S/C12H17N3O4.2BrH/c13-8(5-16)12(19)15-7-1-6-2-10(17)11(18)3-9(6)14-4-7;;/h2-3,7-8,14,16-18H,1,4-5,13H2,(H,15,19);2*1H/t7-,8-;;/m0../s1. The molecule has 0 aliphatic carbocycles. The van der Waals surface area contributed by atoms with Crippen LogP contribution in [-0.2, 0) is 11.2 Å². The number of aliphatic hydroxyl groups is 1. The number of carbonyl (C=O) groups is 1. The van der Waals surface area contributed by atoms with Crippen LogP contribution in [0.15, 0.2) is 12.1 Å². The second-order valence-corrected chi connectivity index (χ2v) is 4.58. The molecular weight excluding hydrogens is 410 g/mol. The highest BCUT2D eigenvalue weighted by Crippen LogP contribution is 2.33. The van der Waals surface area contributed by atoms with Gasteiger partial charge in [0.25, 0.3) is 0 Å². The lowest BCUT2D eigenvalue weighted by Gasteiger charge is -2.28. The SMILES string of the molecule is Br.Br.N[C@@H](CO)C(=O)N[C@@H]1CNc2cc(O)c(O)cc2C1. The van der Waals surface area contributed by atoms with Crippen LogP contribution < -0.4 is 16.4 Å². The fourth-order valence-corrected chi connectivity index (χ4v) is 2.02. The van der Waals surface area contributed by atoms with Crippen molar-refractivity contribution in [3.05, 3.63) is 17.7 Å². The Morgan fingerprint density at radius 1 is 1.38 bits per heavy atom. The van der Waals surface area contributed by atoms with Crippen LogP contribution >= 0.6 is 34.0 Å². The van der Waals surface area contributed by atoms with Gasteiger partial charge in [-0.15, -0.1) is 34.0 Å². The fraction of sp³-hybridized carbons (Fsp3) is 0.417. The molecular formula is C12H19Br2N3O4. The van der Waals surface area contributed by atoms with Crippen molar-refractivity contribution in [2.24, 2.45) is 5.73 Å². The van der Waals surface area contributed by atoms with Gasteiger partial charge in [0.1, 0.15) is 6.04 Å². The summed E-state index contributed by atoms with van der Waals surface area (Å²) in [6.07, 6.45) is 0.514. The summed E-state index contributed by atoms with van der Waals surface area (Å²) in [5.74, 6) is -0.795. The second kappa shape index (κ2) is 8.42. The average Bonchev–Trinajstić information content (AvgIpc) is 2.39. The van der Waals surface area contributed by atoms with Crippen LogP contribution in [0.5, 0.6) is 11.5 Å². The zero-order valence-electron chi connectivity index (χ0n) is 11.1. The molecule has 0 aromatic heterocycles. The van der Waals surface area contributed by atoms with Crippen molar-refractivity contribution < 1.29 is 20.1 Å². The molecule has 7 N–H and O–H groups in total. The number of anilines is 1. The van der Waals surface area contributed by atoms with Crippen molar-refractivity contribution in [2.45, 2.75) is 18.5 Å². The zero-order valence-corrected chi connectivity index (χ0v) is 14.5. The van der Waals surface area contributed by atoms with Crippen molar-refractivity contribution in [3.63, 3.8) is 0 Å². The van der Waals surface area contributed by atoms with Crippen LogP contribution in [0.3, 0.4) is 0 Å². The number of hydrogen-bond donors (Lipinski definition) is 6. The highest BCUT2D eigenvalue weighted by atomic mass is 79.9. The van der Waals surface area contributed by atoms with Crippen LogP contribution in [0.1, 0.15) is 5.56 Å². The van der Waals surface area contributed by atoms with E-state index in [1.807, 2.05) is 0 Å². The summed E-state index contributed by atoms with van der Waals surface area (Å²) < 4.78 is 0. The van der Waals surface area contributed by atoms with Gasteiger partial charge in [-0.05, 0) is 18.1 Å². The third kappa shape index (κ3) is 4.73. The van der Waals surface area contributed by atoms with E-state index in [0.717, 1.165) is 11.3 Å². The number of nitrogens with two attached hydrogens (primary N) is 1. The number of fused-ring (bicyclic) bond motifs is 1. The number of aromatic hydroxyl groups is 2. The molecule has 0 saturated carbocycles. The topological polar surface area (TPSA) is 128 Å². The molecule has 120 valence electrons. The Bertz CT molecular complexity index is 502. The molecule has 1 heterocycles. The number of phenols is 2. The monoisotopic (exact) mass is 427 g/mol. The molecule has 2 atom stereocenters. The molecule has 0 fully saturated rings. The summed E-state index contributed by atoms with van der Waals surface area (Å²) in [5.41, 5.74) is 6.94. The largest absolute Gasteiger partial charge is 0.504 e. The van der Waals surface area contributed by atoms with Gasteiger partial charge in [0.15, 0.2) is 11.5 Å². The van der Waals surface area contributed by atoms with E-state index in [1.165, 1.54) is 12.1 Å². The maximum absolute atomic E-state index is 11.6. The van der Waals surface area contributed by atoms with Gasteiger partial charge >= 0.3 is 0 Å². The summed E-state index contributed by atoms with van der Waals surface area (Å²) in [4.78, 5) is 11.6. The summed E-state index contributed by atoms with van der Waals surface area (Å²) in [6, 6.07) is 1.79. The van der Waals surface area contributed by atoms with E-state index in [-0.39, 0.29) is 51.5 Å². The molecule has 1 aromatic carbocycles. The van der Waals surface area contributed by atoms with Gasteiger partial charge in [0.2, 0.25) is 5.91 Å². The number of hydrogen-bond acceptors (Lipinski definition) is 6. The van der Waals surface area contributed by atoms with Crippen LogP contribution in [0.25, 0.3) is 0 Å². The van der Waals surface area contributed by atoms with E-state index < -0.39 is 18.6 Å². The van der Waals surface area contributed by atoms with Crippen LogP contribution in [0.4, 0.5) is 5.69 Å². The van der Waals surface area contributed by atoms with Gasteiger partial charge in [-0.25, -0.2) is 0 Å². The predicted molar refractivity (Wildman–Crippen MR) is 89.6 cm³/mol. The lowest BCUT2D eigenvalue weighted by atomic mass is 9.98. The van der Waals surface area contributed by atoms with Gasteiger partial charge in [0.05, 0.1) is 12.6 Å². The van der Waals surface area contributed by atoms with Crippen molar-refractivity contribution in [1.82, 2.24) is 5.32 Å². The summed E-state index contributed by atoms with van der Waals surface area (Å²) >= 11 is 0. The van der Waals surface area contributed by atoms with Gasteiger partial charge in [-0.2, -0.15) is 0 Å². The van der Waals surface area contributed by atoms with Crippen molar-refractivity contribution in [3.8, 4) is 11.5 Å². The van der Waals surface area contributed by atoms with Gasteiger partial charge < -0.3 is 31.7 Å². The molecule has 7 nitrogen and oxygen atoms in total. The van der Waals surface area contributed by atoms with Crippen molar-refractivity contribution >= 4 is 45.6 Å². The molecule has 21 heavy (non-hydrogen) atoms. The highest BCUT2D eigenvalue weighted by Gasteiger charge is 2.23. The molecule has 1 aromatic rings.